The average molecular weight is 265 g/mol. The molecular formula is C13H23N5O. The molecule has 0 radical (unpaired) electrons. The molecule has 0 bridgehead atoms. The van der Waals surface area contributed by atoms with Gasteiger partial charge in [0.15, 0.2) is 0 Å². The third-order valence-corrected chi connectivity index (χ3v) is 3.80. The minimum atomic E-state index is 0.238. The number of nitrogens with one attached hydrogen (secondary N) is 1. The van der Waals surface area contributed by atoms with Gasteiger partial charge in [0.1, 0.15) is 0 Å². The number of carbonyl (C=O) groups excluding carboxylic acids is 1. The lowest BCUT2D eigenvalue weighted by Gasteiger charge is -2.32. The van der Waals surface area contributed by atoms with Crippen molar-refractivity contribution in [2.24, 2.45) is 5.92 Å². The fourth-order valence-electron chi connectivity index (χ4n) is 2.54. The first-order chi connectivity index (χ1) is 9.29. The van der Waals surface area contributed by atoms with Gasteiger partial charge in [-0.15, -0.1) is 5.10 Å². The Morgan fingerprint density at radius 3 is 2.84 bits per heavy atom. The fraction of sp³-hybridized carbons (Fsp3) is 0.769. The second-order valence-electron chi connectivity index (χ2n) is 5.13. The maximum Gasteiger partial charge on any atom is 0.224 e. The fourth-order valence-corrected chi connectivity index (χ4v) is 2.54. The van der Waals surface area contributed by atoms with E-state index in [2.05, 4.69) is 15.6 Å². The summed E-state index contributed by atoms with van der Waals surface area (Å²) in [5.74, 6) is 1.01. The molecule has 1 N–H and O–H groups in total. The zero-order valence-electron chi connectivity index (χ0n) is 11.6. The van der Waals surface area contributed by atoms with Gasteiger partial charge in [-0.05, 0) is 38.8 Å². The van der Waals surface area contributed by atoms with E-state index in [1.807, 2.05) is 11.9 Å². The van der Waals surface area contributed by atoms with Crippen molar-refractivity contribution in [3.63, 3.8) is 0 Å². The molecule has 6 heteroatoms. The van der Waals surface area contributed by atoms with Crippen LogP contribution in [0.15, 0.2) is 12.4 Å². The molecule has 19 heavy (non-hydrogen) atoms. The summed E-state index contributed by atoms with van der Waals surface area (Å²) >= 11 is 0. The summed E-state index contributed by atoms with van der Waals surface area (Å²) in [6, 6.07) is 0. The molecule has 6 nitrogen and oxygen atoms in total. The number of amides is 1. The lowest BCUT2D eigenvalue weighted by atomic mass is 9.93. The van der Waals surface area contributed by atoms with Crippen molar-refractivity contribution >= 4 is 5.91 Å². The van der Waals surface area contributed by atoms with Gasteiger partial charge >= 0.3 is 0 Å². The van der Waals surface area contributed by atoms with Crippen LogP contribution in [-0.2, 0) is 11.3 Å². The molecule has 1 aliphatic rings. The van der Waals surface area contributed by atoms with E-state index in [9.17, 15) is 4.79 Å². The third kappa shape index (κ3) is 4.31. The van der Waals surface area contributed by atoms with Crippen LogP contribution in [0, 0.1) is 5.92 Å². The molecule has 0 unspecified atom stereocenters. The van der Waals surface area contributed by atoms with Gasteiger partial charge < -0.3 is 10.2 Å². The monoisotopic (exact) mass is 265 g/mol. The zero-order valence-corrected chi connectivity index (χ0v) is 11.6. The Labute approximate surface area is 114 Å². The molecule has 1 amide bonds. The Kier molecular flexibility index (Phi) is 5.32. The van der Waals surface area contributed by atoms with Crippen molar-refractivity contribution < 1.29 is 4.79 Å². The lowest BCUT2D eigenvalue weighted by molar-refractivity contribution is -0.132. The predicted molar refractivity (Wildman–Crippen MR) is 72.5 cm³/mol. The smallest absolute Gasteiger partial charge is 0.224 e. The maximum atomic E-state index is 12.1. The topological polar surface area (TPSA) is 63.1 Å². The van der Waals surface area contributed by atoms with E-state index >= 15 is 0 Å². The molecule has 106 valence electrons. The van der Waals surface area contributed by atoms with Gasteiger partial charge in [-0.25, -0.2) is 0 Å². The van der Waals surface area contributed by atoms with Crippen LogP contribution in [0.3, 0.4) is 0 Å². The highest BCUT2D eigenvalue weighted by atomic mass is 16.2. The Morgan fingerprint density at radius 1 is 1.42 bits per heavy atom. The van der Waals surface area contributed by atoms with Gasteiger partial charge in [-0.3, -0.25) is 9.48 Å². The van der Waals surface area contributed by atoms with E-state index in [1.165, 1.54) is 6.42 Å². The molecule has 2 heterocycles. The quantitative estimate of drug-likeness (QED) is 0.814. The van der Waals surface area contributed by atoms with Crippen LogP contribution in [0.2, 0.25) is 0 Å². The first kappa shape index (κ1) is 14.0. The molecule has 0 atom stereocenters. The van der Waals surface area contributed by atoms with Crippen LogP contribution >= 0.6 is 0 Å². The Bertz CT molecular complexity index is 370. The largest absolute Gasteiger partial charge is 0.343 e. The number of aromatic nitrogens is 3. The van der Waals surface area contributed by atoms with Crippen molar-refractivity contribution in [1.29, 1.82) is 0 Å². The van der Waals surface area contributed by atoms with Gasteiger partial charge in [-0.1, -0.05) is 5.21 Å². The van der Waals surface area contributed by atoms with Gasteiger partial charge in [-0.2, -0.15) is 0 Å². The van der Waals surface area contributed by atoms with Crippen LogP contribution in [-0.4, -0.2) is 52.5 Å². The second-order valence-corrected chi connectivity index (χ2v) is 5.13. The second kappa shape index (κ2) is 7.23. The van der Waals surface area contributed by atoms with Crippen LogP contribution < -0.4 is 5.32 Å². The normalized spacial score (nSPS) is 16.8. The molecule has 2 rings (SSSR count). The summed E-state index contributed by atoms with van der Waals surface area (Å²) in [4.78, 5) is 14.1. The minimum absolute atomic E-state index is 0.238. The Hall–Kier alpha value is -1.43. The van der Waals surface area contributed by atoms with Crippen LogP contribution in [0.4, 0.5) is 0 Å². The highest BCUT2D eigenvalue weighted by Crippen LogP contribution is 2.20. The third-order valence-electron chi connectivity index (χ3n) is 3.80. The molecule has 1 aromatic rings. The van der Waals surface area contributed by atoms with Crippen molar-refractivity contribution in [1.82, 2.24) is 25.2 Å². The summed E-state index contributed by atoms with van der Waals surface area (Å²) in [6.07, 6.45) is 7.44. The number of aryl methyl sites for hydroxylation is 1. The first-order valence-electron chi connectivity index (χ1n) is 7.06. The van der Waals surface area contributed by atoms with Crippen molar-refractivity contribution in [3.8, 4) is 0 Å². The van der Waals surface area contributed by atoms with E-state index in [4.69, 9.17) is 0 Å². The summed E-state index contributed by atoms with van der Waals surface area (Å²) in [5.41, 5.74) is 0. The molecule has 0 aliphatic carbocycles. The standard InChI is InChI=1S/C13H23N5O/c1-14-6-2-12-3-8-17(9-4-12)13(19)5-10-18-11-7-15-16-18/h7,11-12,14H,2-6,8-10H2,1H3. The molecular weight excluding hydrogens is 242 g/mol. The van der Waals surface area contributed by atoms with E-state index in [-0.39, 0.29) is 5.91 Å². The van der Waals surface area contributed by atoms with Crippen molar-refractivity contribution in [2.45, 2.75) is 32.2 Å². The van der Waals surface area contributed by atoms with Crippen molar-refractivity contribution in [3.05, 3.63) is 12.4 Å². The molecule has 0 saturated carbocycles. The van der Waals surface area contributed by atoms with Crippen LogP contribution in [0.1, 0.15) is 25.7 Å². The first-order valence-corrected chi connectivity index (χ1v) is 7.06. The molecule has 0 aromatic carbocycles. The Balaban J connectivity index is 1.67. The van der Waals surface area contributed by atoms with E-state index in [1.54, 1.807) is 17.1 Å². The maximum absolute atomic E-state index is 12.1. The SMILES string of the molecule is CNCCC1CCN(C(=O)CCn2ccnn2)CC1. The number of hydrogen-bond donors (Lipinski definition) is 1. The minimum Gasteiger partial charge on any atom is -0.343 e. The van der Waals surface area contributed by atoms with Gasteiger partial charge in [0, 0.05) is 25.7 Å². The van der Waals surface area contributed by atoms with Crippen molar-refractivity contribution in [2.75, 3.05) is 26.7 Å². The lowest BCUT2D eigenvalue weighted by Crippen LogP contribution is -2.39. The predicted octanol–water partition coefficient (Wildman–Crippen LogP) is 0.516. The number of likely N-dealkylation sites (tertiary alicyclic amines) is 1. The number of nitrogens with zero attached hydrogens (tertiary/aromatic N) is 4. The van der Waals surface area contributed by atoms with E-state index in [0.717, 1.165) is 38.4 Å². The summed E-state index contributed by atoms with van der Waals surface area (Å²) in [5, 5.41) is 10.8. The number of rotatable bonds is 6. The van der Waals surface area contributed by atoms with Gasteiger partial charge in [0.2, 0.25) is 5.91 Å². The van der Waals surface area contributed by atoms with Gasteiger partial charge in [0.05, 0.1) is 12.7 Å². The summed E-state index contributed by atoms with van der Waals surface area (Å²) < 4.78 is 1.71. The Morgan fingerprint density at radius 2 is 2.21 bits per heavy atom. The number of piperidine rings is 1. The molecule has 0 spiro atoms. The molecule has 1 fully saturated rings. The van der Waals surface area contributed by atoms with Gasteiger partial charge in [0.25, 0.3) is 0 Å². The number of hydrogen-bond acceptors (Lipinski definition) is 4. The van der Waals surface area contributed by atoms with E-state index in [0.29, 0.717) is 13.0 Å². The summed E-state index contributed by atoms with van der Waals surface area (Å²) in [6.45, 7) is 3.51. The van der Waals surface area contributed by atoms with E-state index < -0.39 is 0 Å². The number of carbonyl (C=O) groups is 1. The molecule has 1 aromatic heterocycles. The molecule has 1 aliphatic heterocycles. The van der Waals surface area contributed by atoms with Crippen LogP contribution in [0.5, 0.6) is 0 Å². The highest BCUT2D eigenvalue weighted by Gasteiger charge is 2.22. The average Bonchev–Trinajstić information content (AvgIpc) is 2.96. The summed E-state index contributed by atoms with van der Waals surface area (Å²) in [7, 11) is 1.99. The highest BCUT2D eigenvalue weighted by molar-refractivity contribution is 5.76. The molecule has 1 saturated heterocycles. The van der Waals surface area contributed by atoms with Crippen LogP contribution in [0.25, 0.3) is 0 Å². The zero-order chi connectivity index (χ0) is 13.5.